The molecule has 0 spiro atoms. The average Bonchev–Trinajstić information content (AvgIpc) is 2.71. The van der Waals surface area contributed by atoms with Gasteiger partial charge in [-0.1, -0.05) is 70.9 Å². The van der Waals surface area contributed by atoms with Gasteiger partial charge < -0.3 is 10.2 Å². The second-order valence-electron chi connectivity index (χ2n) is 8.58. The molecule has 0 fully saturated rings. The molecule has 0 saturated carbocycles. The summed E-state index contributed by atoms with van der Waals surface area (Å²) in [6, 6.07) is 10.3. The first-order valence-corrected chi connectivity index (χ1v) is 11.5. The normalized spacial score (nSPS) is 14.1. The van der Waals surface area contributed by atoms with Gasteiger partial charge in [-0.25, -0.2) is 0 Å². The molecule has 4 heteroatoms. The minimum Gasteiger partial charge on any atom is -0.353 e. The van der Waals surface area contributed by atoms with Gasteiger partial charge in [-0.05, 0) is 44.1 Å². The molecule has 0 bridgehead atoms. The molecular formula is C25H42N2O2. The predicted molar refractivity (Wildman–Crippen MR) is 122 cm³/mol. The van der Waals surface area contributed by atoms with Crippen LogP contribution in [0.1, 0.15) is 78.7 Å². The Morgan fingerprint density at radius 2 is 1.69 bits per heavy atom. The Hall–Kier alpha value is -1.84. The van der Waals surface area contributed by atoms with E-state index in [-0.39, 0.29) is 23.8 Å². The molecule has 3 atom stereocenters. The van der Waals surface area contributed by atoms with E-state index in [1.54, 1.807) is 0 Å². The quantitative estimate of drug-likeness (QED) is 0.464. The molecule has 0 aromatic heterocycles. The lowest BCUT2D eigenvalue weighted by atomic mass is 10.0. The number of hydrogen-bond donors (Lipinski definition) is 1. The molecule has 0 heterocycles. The zero-order chi connectivity index (χ0) is 21.6. The van der Waals surface area contributed by atoms with Crippen LogP contribution in [0, 0.1) is 11.8 Å². The summed E-state index contributed by atoms with van der Waals surface area (Å²) in [6.45, 7) is 12.0. The van der Waals surface area contributed by atoms with Crippen molar-refractivity contribution in [2.75, 3.05) is 13.1 Å². The lowest BCUT2D eigenvalue weighted by Crippen LogP contribution is -2.39. The molecule has 1 N–H and O–H groups in total. The van der Waals surface area contributed by atoms with E-state index in [4.69, 9.17) is 0 Å². The van der Waals surface area contributed by atoms with E-state index in [1.165, 1.54) is 12.0 Å². The van der Waals surface area contributed by atoms with Crippen molar-refractivity contribution >= 4 is 11.8 Å². The number of carbonyl (C=O) groups is 2. The minimum atomic E-state index is -0.0968. The van der Waals surface area contributed by atoms with Gasteiger partial charge in [0.2, 0.25) is 11.8 Å². The zero-order valence-corrected chi connectivity index (χ0v) is 19.2. The van der Waals surface area contributed by atoms with Gasteiger partial charge in [0.25, 0.3) is 0 Å². The smallest absolute Gasteiger partial charge is 0.223 e. The van der Waals surface area contributed by atoms with Crippen LogP contribution in [0.15, 0.2) is 30.3 Å². The molecule has 1 rings (SSSR count). The lowest BCUT2D eigenvalue weighted by molar-refractivity contribution is -0.132. The second kappa shape index (κ2) is 14.2. The van der Waals surface area contributed by atoms with Crippen molar-refractivity contribution < 1.29 is 9.59 Å². The molecule has 0 radical (unpaired) electrons. The van der Waals surface area contributed by atoms with E-state index in [0.717, 1.165) is 32.2 Å². The largest absolute Gasteiger partial charge is 0.353 e. The van der Waals surface area contributed by atoms with Gasteiger partial charge in [-0.2, -0.15) is 0 Å². The fraction of sp³-hybridized carbons (Fsp3) is 0.680. The van der Waals surface area contributed by atoms with Crippen molar-refractivity contribution in [2.24, 2.45) is 11.8 Å². The maximum Gasteiger partial charge on any atom is 0.223 e. The standard InChI is InChI=1S/C25H42N2O2/c1-6-17-27(24(28)15-11-12-20(3)7-2)18-16-21(4)25(29)26-22(5)19-23-13-9-8-10-14-23/h8-10,13-14,20-22H,6-7,11-12,15-19H2,1-5H3,(H,26,29)/t20-,21+,22+/m0/s1. The van der Waals surface area contributed by atoms with E-state index in [2.05, 4.69) is 38.2 Å². The molecule has 2 amide bonds. The van der Waals surface area contributed by atoms with Crippen LogP contribution in [-0.4, -0.2) is 35.8 Å². The zero-order valence-electron chi connectivity index (χ0n) is 19.2. The Bertz CT molecular complexity index is 588. The topological polar surface area (TPSA) is 49.4 Å². The maximum absolute atomic E-state index is 12.6. The van der Waals surface area contributed by atoms with Crippen molar-refractivity contribution in [2.45, 2.75) is 85.6 Å². The van der Waals surface area contributed by atoms with Gasteiger partial charge >= 0.3 is 0 Å². The van der Waals surface area contributed by atoms with Crippen LogP contribution in [-0.2, 0) is 16.0 Å². The van der Waals surface area contributed by atoms with E-state index in [0.29, 0.717) is 25.3 Å². The van der Waals surface area contributed by atoms with Gasteiger partial charge in [-0.3, -0.25) is 9.59 Å². The average molecular weight is 403 g/mol. The van der Waals surface area contributed by atoms with Crippen LogP contribution in [0.25, 0.3) is 0 Å². The monoisotopic (exact) mass is 402 g/mol. The number of nitrogens with one attached hydrogen (secondary N) is 1. The first-order chi connectivity index (χ1) is 13.9. The minimum absolute atomic E-state index is 0.0779. The van der Waals surface area contributed by atoms with Crippen LogP contribution >= 0.6 is 0 Å². The molecule has 1 aromatic rings. The van der Waals surface area contributed by atoms with Crippen LogP contribution in [0.5, 0.6) is 0 Å². The highest BCUT2D eigenvalue weighted by Gasteiger charge is 2.19. The molecule has 1 aromatic carbocycles. The Morgan fingerprint density at radius 1 is 1.00 bits per heavy atom. The molecule has 0 unspecified atom stereocenters. The van der Waals surface area contributed by atoms with Crippen LogP contribution < -0.4 is 5.32 Å². The van der Waals surface area contributed by atoms with Crippen molar-refractivity contribution in [3.8, 4) is 0 Å². The predicted octanol–water partition coefficient (Wildman–Crippen LogP) is 5.22. The summed E-state index contributed by atoms with van der Waals surface area (Å²) < 4.78 is 0. The molecular weight excluding hydrogens is 360 g/mol. The Kier molecular flexibility index (Phi) is 12.3. The highest BCUT2D eigenvalue weighted by atomic mass is 16.2. The third-order valence-electron chi connectivity index (χ3n) is 5.68. The van der Waals surface area contributed by atoms with E-state index < -0.39 is 0 Å². The van der Waals surface area contributed by atoms with Crippen molar-refractivity contribution in [1.82, 2.24) is 10.2 Å². The number of benzene rings is 1. The number of amides is 2. The molecule has 4 nitrogen and oxygen atoms in total. The van der Waals surface area contributed by atoms with E-state index >= 15 is 0 Å². The number of nitrogens with zero attached hydrogens (tertiary/aromatic N) is 1. The highest BCUT2D eigenvalue weighted by Crippen LogP contribution is 2.13. The van der Waals surface area contributed by atoms with E-state index in [9.17, 15) is 9.59 Å². The third kappa shape index (κ3) is 10.5. The fourth-order valence-electron chi connectivity index (χ4n) is 3.48. The Morgan fingerprint density at radius 3 is 2.31 bits per heavy atom. The maximum atomic E-state index is 12.6. The molecule has 29 heavy (non-hydrogen) atoms. The molecule has 0 aliphatic heterocycles. The van der Waals surface area contributed by atoms with Gasteiger partial charge in [0.15, 0.2) is 0 Å². The van der Waals surface area contributed by atoms with Gasteiger partial charge in [0.05, 0.1) is 0 Å². The Balaban J connectivity index is 2.41. The Labute approximate surface area is 178 Å². The third-order valence-corrected chi connectivity index (χ3v) is 5.68. The van der Waals surface area contributed by atoms with Crippen molar-refractivity contribution in [3.63, 3.8) is 0 Å². The van der Waals surface area contributed by atoms with Crippen molar-refractivity contribution in [1.29, 1.82) is 0 Å². The molecule has 0 aliphatic rings. The summed E-state index contributed by atoms with van der Waals surface area (Å²) in [7, 11) is 0. The van der Waals surface area contributed by atoms with Crippen LogP contribution in [0.2, 0.25) is 0 Å². The molecule has 164 valence electrons. The summed E-state index contributed by atoms with van der Waals surface area (Å²) in [6.07, 6.45) is 6.35. The number of hydrogen-bond acceptors (Lipinski definition) is 2. The summed E-state index contributed by atoms with van der Waals surface area (Å²) >= 11 is 0. The van der Waals surface area contributed by atoms with Gasteiger partial charge in [-0.15, -0.1) is 0 Å². The summed E-state index contributed by atoms with van der Waals surface area (Å²) in [5, 5.41) is 3.12. The number of carbonyl (C=O) groups excluding carboxylic acids is 2. The van der Waals surface area contributed by atoms with Crippen LogP contribution in [0.3, 0.4) is 0 Å². The highest BCUT2D eigenvalue weighted by molar-refractivity contribution is 5.79. The van der Waals surface area contributed by atoms with Crippen molar-refractivity contribution in [3.05, 3.63) is 35.9 Å². The molecule has 0 aliphatic carbocycles. The molecule has 0 saturated heterocycles. The number of rotatable bonds is 14. The first kappa shape index (κ1) is 25.2. The van der Waals surface area contributed by atoms with Gasteiger partial charge in [0.1, 0.15) is 0 Å². The SMILES string of the molecule is CCCN(CC[C@@H](C)C(=O)N[C@H](C)Cc1ccccc1)C(=O)CCC[C@@H](C)CC. The van der Waals surface area contributed by atoms with E-state index in [1.807, 2.05) is 36.9 Å². The first-order valence-electron chi connectivity index (χ1n) is 11.5. The summed E-state index contributed by atoms with van der Waals surface area (Å²) in [5.41, 5.74) is 1.23. The van der Waals surface area contributed by atoms with Crippen LogP contribution in [0.4, 0.5) is 0 Å². The summed E-state index contributed by atoms with van der Waals surface area (Å²) in [5.74, 6) is 0.902. The lowest BCUT2D eigenvalue weighted by Gasteiger charge is -2.24. The summed E-state index contributed by atoms with van der Waals surface area (Å²) in [4.78, 5) is 27.1. The fourth-order valence-corrected chi connectivity index (χ4v) is 3.48. The second-order valence-corrected chi connectivity index (χ2v) is 8.58. The van der Waals surface area contributed by atoms with Gasteiger partial charge in [0, 0.05) is 31.5 Å².